The molecular weight excluding hydrogens is 245 g/mol. The second-order valence-corrected chi connectivity index (χ2v) is 4.19. The summed E-state index contributed by atoms with van der Waals surface area (Å²) in [5.41, 5.74) is 0.424. The van der Waals surface area contributed by atoms with Crippen LogP contribution in [0.4, 0.5) is 10.1 Å². The lowest BCUT2D eigenvalue weighted by Crippen LogP contribution is -2.03. The summed E-state index contributed by atoms with van der Waals surface area (Å²) in [5.74, 6) is -1.15. The van der Waals surface area contributed by atoms with Crippen molar-refractivity contribution in [2.45, 2.75) is 25.7 Å². The van der Waals surface area contributed by atoms with Crippen LogP contribution in [0.3, 0.4) is 0 Å². The zero-order chi connectivity index (χ0) is 12.7. The molecule has 0 aliphatic heterocycles. The molecule has 0 amide bonds. The number of hydrogen-bond donors (Lipinski definition) is 2. The van der Waals surface area contributed by atoms with Crippen LogP contribution in [0, 0.1) is 5.82 Å². The van der Waals surface area contributed by atoms with Gasteiger partial charge in [0.25, 0.3) is 0 Å². The molecule has 0 atom stereocenters. The number of nitrogens with one attached hydrogen (secondary N) is 1. The first kappa shape index (κ1) is 13.8. The van der Waals surface area contributed by atoms with Crippen molar-refractivity contribution in [1.29, 1.82) is 0 Å². The molecule has 3 nitrogen and oxygen atoms in total. The van der Waals surface area contributed by atoms with Crippen LogP contribution < -0.4 is 5.32 Å². The number of carboxylic acids is 1. The van der Waals surface area contributed by atoms with Crippen LogP contribution in [0.2, 0.25) is 5.02 Å². The Hall–Kier alpha value is -1.29. The fraction of sp³-hybridized carbons (Fsp3) is 0.417. The van der Waals surface area contributed by atoms with Crippen molar-refractivity contribution in [3.05, 3.63) is 29.0 Å². The molecular formula is C12H15ClFNO2. The van der Waals surface area contributed by atoms with Crippen LogP contribution in [-0.2, 0) is 4.79 Å². The van der Waals surface area contributed by atoms with Crippen LogP contribution >= 0.6 is 11.6 Å². The van der Waals surface area contributed by atoms with Gasteiger partial charge in [-0.25, -0.2) is 4.39 Å². The molecule has 0 bridgehead atoms. The number of benzene rings is 1. The molecule has 0 unspecified atom stereocenters. The number of carbonyl (C=O) groups is 1. The zero-order valence-corrected chi connectivity index (χ0v) is 10.1. The summed E-state index contributed by atoms with van der Waals surface area (Å²) in [4.78, 5) is 10.3. The minimum absolute atomic E-state index is 0.190. The normalized spacial score (nSPS) is 10.2. The number of anilines is 1. The molecule has 5 heteroatoms. The van der Waals surface area contributed by atoms with E-state index in [2.05, 4.69) is 5.32 Å². The molecule has 0 saturated heterocycles. The van der Waals surface area contributed by atoms with Crippen molar-refractivity contribution in [3.63, 3.8) is 0 Å². The quantitative estimate of drug-likeness (QED) is 0.737. The Morgan fingerprint density at radius 1 is 1.35 bits per heavy atom. The Bertz CT molecular complexity index is 385. The van der Waals surface area contributed by atoms with Crippen molar-refractivity contribution in [2.75, 3.05) is 11.9 Å². The molecule has 17 heavy (non-hydrogen) atoms. The first-order valence-corrected chi connectivity index (χ1v) is 5.88. The summed E-state index contributed by atoms with van der Waals surface area (Å²) < 4.78 is 13.3. The largest absolute Gasteiger partial charge is 0.481 e. The van der Waals surface area contributed by atoms with Crippen LogP contribution in [0.1, 0.15) is 25.7 Å². The molecule has 2 N–H and O–H groups in total. The van der Waals surface area contributed by atoms with E-state index in [1.807, 2.05) is 0 Å². The van der Waals surface area contributed by atoms with E-state index in [4.69, 9.17) is 16.7 Å². The van der Waals surface area contributed by atoms with Gasteiger partial charge in [0.05, 0.1) is 5.69 Å². The highest BCUT2D eigenvalue weighted by Crippen LogP contribution is 2.18. The highest BCUT2D eigenvalue weighted by Gasteiger charge is 2.02. The number of hydrogen-bond acceptors (Lipinski definition) is 2. The molecule has 1 aromatic carbocycles. The number of rotatable bonds is 7. The third-order valence-corrected chi connectivity index (χ3v) is 2.55. The molecule has 0 radical (unpaired) electrons. The third-order valence-electron chi connectivity index (χ3n) is 2.31. The molecule has 1 aromatic rings. The molecule has 0 aliphatic rings. The van der Waals surface area contributed by atoms with Gasteiger partial charge >= 0.3 is 5.97 Å². The highest BCUT2D eigenvalue weighted by atomic mass is 35.5. The maximum Gasteiger partial charge on any atom is 0.303 e. The predicted molar refractivity (Wildman–Crippen MR) is 66.0 cm³/mol. The summed E-state index contributed by atoms with van der Waals surface area (Å²) in [5, 5.41) is 11.7. The van der Waals surface area contributed by atoms with Gasteiger partial charge in [-0.15, -0.1) is 0 Å². The standard InChI is InChI=1S/C12H15ClFNO2/c13-9-5-6-11(10(14)8-9)15-7-3-1-2-4-12(16)17/h5-6,8,15H,1-4,7H2,(H,16,17). The van der Waals surface area contributed by atoms with Gasteiger partial charge in [-0.1, -0.05) is 18.0 Å². The minimum Gasteiger partial charge on any atom is -0.481 e. The summed E-state index contributed by atoms with van der Waals surface area (Å²) in [6.45, 7) is 0.623. The van der Waals surface area contributed by atoms with E-state index < -0.39 is 5.97 Å². The monoisotopic (exact) mass is 259 g/mol. The van der Waals surface area contributed by atoms with Gasteiger partial charge in [-0.3, -0.25) is 4.79 Å². The second kappa shape index (κ2) is 7.12. The first-order valence-electron chi connectivity index (χ1n) is 5.50. The lowest BCUT2D eigenvalue weighted by molar-refractivity contribution is -0.137. The van der Waals surface area contributed by atoms with Gasteiger partial charge in [0, 0.05) is 18.0 Å². The topological polar surface area (TPSA) is 49.3 Å². The Kier molecular flexibility index (Phi) is 5.77. The van der Waals surface area contributed by atoms with Crippen molar-refractivity contribution < 1.29 is 14.3 Å². The summed E-state index contributed by atoms with van der Waals surface area (Å²) >= 11 is 5.63. The second-order valence-electron chi connectivity index (χ2n) is 3.76. The maximum atomic E-state index is 13.3. The number of unbranched alkanes of at least 4 members (excludes halogenated alkanes) is 2. The number of halogens is 2. The lowest BCUT2D eigenvalue weighted by Gasteiger charge is -2.07. The average Bonchev–Trinajstić information content (AvgIpc) is 2.25. The first-order chi connectivity index (χ1) is 8.09. The molecule has 0 saturated carbocycles. The minimum atomic E-state index is -0.776. The van der Waals surface area contributed by atoms with E-state index in [0.717, 1.165) is 12.8 Å². The summed E-state index contributed by atoms with van der Waals surface area (Å²) in [6.07, 6.45) is 2.47. The Morgan fingerprint density at radius 3 is 2.76 bits per heavy atom. The van der Waals surface area contributed by atoms with Gasteiger partial charge in [-0.05, 0) is 31.0 Å². The van der Waals surface area contributed by atoms with Crippen molar-refractivity contribution in [3.8, 4) is 0 Å². The zero-order valence-electron chi connectivity index (χ0n) is 9.38. The molecule has 0 fully saturated rings. The van der Waals surface area contributed by atoms with Crippen LogP contribution in [0.5, 0.6) is 0 Å². The van der Waals surface area contributed by atoms with Gasteiger partial charge < -0.3 is 10.4 Å². The highest BCUT2D eigenvalue weighted by molar-refractivity contribution is 6.30. The van der Waals surface area contributed by atoms with Gasteiger partial charge in [-0.2, -0.15) is 0 Å². The van der Waals surface area contributed by atoms with E-state index in [-0.39, 0.29) is 12.2 Å². The Morgan fingerprint density at radius 2 is 2.12 bits per heavy atom. The van der Waals surface area contributed by atoms with Crippen molar-refractivity contribution in [2.24, 2.45) is 0 Å². The SMILES string of the molecule is O=C(O)CCCCCNc1ccc(Cl)cc1F. The fourth-order valence-electron chi connectivity index (χ4n) is 1.43. The van der Waals surface area contributed by atoms with Crippen LogP contribution in [-0.4, -0.2) is 17.6 Å². The Labute approximate surface area is 105 Å². The summed E-state index contributed by atoms with van der Waals surface area (Å²) in [6, 6.07) is 4.47. The molecule has 0 heterocycles. The van der Waals surface area contributed by atoms with Gasteiger partial charge in [0.1, 0.15) is 5.82 Å². The van der Waals surface area contributed by atoms with Crippen molar-refractivity contribution in [1.82, 2.24) is 0 Å². The molecule has 0 aliphatic carbocycles. The molecule has 94 valence electrons. The average molecular weight is 260 g/mol. The molecule has 1 rings (SSSR count). The van der Waals surface area contributed by atoms with Crippen LogP contribution in [0.25, 0.3) is 0 Å². The lowest BCUT2D eigenvalue weighted by atomic mass is 10.2. The van der Waals surface area contributed by atoms with E-state index in [0.29, 0.717) is 23.7 Å². The third kappa shape index (κ3) is 5.54. The number of carboxylic acid groups (broad SMARTS) is 1. The van der Waals surface area contributed by atoms with E-state index >= 15 is 0 Å². The number of aliphatic carboxylic acids is 1. The Balaban J connectivity index is 2.20. The molecule has 0 aromatic heterocycles. The maximum absolute atomic E-state index is 13.3. The van der Waals surface area contributed by atoms with E-state index in [9.17, 15) is 9.18 Å². The molecule has 0 spiro atoms. The van der Waals surface area contributed by atoms with Crippen LogP contribution in [0.15, 0.2) is 18.2 Å². The fourth-order valence-corrected chi connectivity index (χ4v) is 1.59. The van der Waals surface area contributed by atoms with Crippen molar-refractivity contribution >= 4 is 23.3 Å². The van der Waals surface area contributed by atoms with E-state index in [1.54, 1.807) is 12.1 Å². The smallest absolute Gasteiger partial charge is 0.303 e. The van der Waals surface area contributed by atoms with Gasteiger partial charge in [0.15, 0.2) is 0 Å². The predicted octanol–water partition coefficient (Wildman–Crippen LogP) is 3.54. The summed E-state index contributed by atoms with van der Waals surface area (Å²) in [7, 11) is 0. The van der Waals surface area contributed by atoms with E-state index in [1.165, 1.54) is 6.07 Å². The van der Waals surface area contributed by atoms with Gasteiger partial charge in [0.2, 0.25) is 0 Å².